The standard InChI is InChI=1S/C14H16BrN3O2S/c1-9(2)18-12(7-10-3-5-11(15)6-4-10)16-17-14(18)21-8-13(19)20/h3-6,9H,7-8H2,1-2H3,(H,19,20). The number of hydrogen-bond acceptors (Lipinski definition) is 4. The molecule has 1 N–H and O–H groups in total. The highest BCUT2D eigenvalue weighted by Crippen LogP contribution is 2.23. The van der Waals surface area contributed by atoms with E-state index in [2.05, 4.69) is 26.1 Å². The molecule has 1 aromatic carbocycles. The number of nitrogens with zero attached hydrogens (tertiary/aromatic N) is 3. The van der Waals surface area contributed by atoms with Crippen LogP contribution in [0.3, 0.4) is 0 Å². The first kappa shape index (κ1) is 16.0. The largest absolute Gasteiger partial charge is 0.481 e. The van der Waals surface area contributed by atoms with Gasteiger partial charge in [0.1, 0.15) is 5.82 Å². The summed E-state index contributed by atoms with van der Waals surface area (Å²) < 4.78 is 3.03. The molecule has 0 saturated heterocycles. The molecule has 0 amide bonds. The molecule has 0 spiro atoms. The highest BCUT2D eigenvalue weighted by Gasteiger charge is 2.16. The number of carbonyl (C=O) groups is 1. The Labute approximate surface area is 135 Å². The first-order chi connectivity index (χ1) is 9.97. The van der Waals surface area contributed by atoms with E-state index in [0.29, 0.717) is 11.6 Å². The number of rotatable bonds is 6. The summed E-state index contributed by atoms with van der Waals surface area (Å²) in [6, 6.07) is 8.24. The van der Waals surface area contributed by atoms with Gasteiger partial charge in [-0.25, -0.2) is 0 Å². The van der Waals surface area contributed by atoms with Crippen molar-refractivity contribution in [3.63, 3.8) is 0 Å². The molecule has 0 fully saturated rings. The van der Waals surface area contributed by atoms with Crippen molar-refractivity contribution in [3.05, 3.63) is 40.1 Å². The molecular weight excluding hydrogens is 354 g/mol. The average molecular weight is 370 g/mol. The highest BCUT2D eigenvalue weighted by atomic mass is 79.9. The minimum absolute atomic E-state index is 0.0108. The Hall–Kier alpha value is -1.34. The van der Waals surface area contributed by atoms with E-state index in [9.17, 15) is 4.79 Å². The summed E-state index contributed by atoms with van der Waals surface area (Å²) in [6.07, 6.45) is 0.673. The number of hydrogen-bond donors (Lipinski definition) is 1. The van der Waals surface area contributed by atoms with Crippen LogP contribution in [0.15, 0.2) is 33.9 Å². The second kappa shape index (κ2) is 7.09. The Kier molecular flexibility index (Phi) is 5.41. The lowest BCUT2D eigenvalue weighted by molar-refractivity contribution is -0.133. The lowest BCUT2D eigenvalue weighted by Crippen LogP contribution is -2.09. The van der Waals surface area contributed by atoms with Crippen molar-refractivity contribution in [3.8, 4) is 0 Å². The molecule has 0 bridgehead atoms. The quantitative estimate of drug-likeness (QED) is 0.790. The number of carboxylic acid groups (broad SMARTS) is 1. The van der Waals surface area contributed by atoms with Gasteiger partial charge in [-0.3, -0.25) is 4.79 Å². The molecule has 1 aromatic heterocycles. The van der Waals surface area contributed by atoms with Gasteiger partial charge in [-0.2, -0.15) is 0 Å². The Morgan fingerprint density at radius 2 is 2.00 bits per heavy atom. The molecule has 5 nitrogen and oxygen atoms in total. The van der Waals surface area contributed by atoms with Gasteiger partial charge in [-0.1, -0.05) is 39.8 Å². The van der Waals surface area contributed by atoms with Crippen LogP contribution in [0.25, 0.3) is 0 Å². The van der Waals surface area contributed by atoms with Crippen molar-refractivity contribution in [2.75, 3.05) is 5.75 Å². The maximum Gasteiger partial charge on any atom is 0.313 e. The Morgan fingerprint density at radius 1 is 1.33 bits per heavy atom. The smallest absolute Gasteiger partial charge is 0.313 e. The monoisotopic (exact) mass is 369 g/mol. The van der Waals surface area contributed by atoms with E-state index in [0.717, 1.165) is 15.9 Å². The van der Waals surface area contributed by atoms with Crippen LogP contribution < -0.4 is 0 Å². The van der Waals surface area contributed by atoms with E-state index < -0.39 is 5.97 Å². The predicted molar refractivity (Wildman–Crippen MR) is 85.7 cm³/mol. The van der Waals surface area contributed by atoms with Crippen LogP contribution in [-0.4, -0.2) is 31.6 Å². The van der Waals surface area contributed by atoms with Gasteiger partial charge in [0, 0.05) is 16.9 Å². The van der Waals surface area contributed by atoms with Crippen LogP contribution in [0.1, 0.15) is 31.3 Å². The van der Waals surface area contributed by atoms with Crippen molar-refractivity contribution in [1.82, 2.24) is 14.8 Å². The van der Waals surface area contributed by atoms with Crippen molar-refractivity contribution in [1.29, 1.82) is 0 Å². The van der Waals surface area contributed by atoms with Crippen LogP contribution in [0.2, 0.25) is 0 Å². The van der Waals surface area contributed by atoms with Crippen LogP contribution in [0, 0.1) is 0 Å². The molecule has 0 aliphatic heterocycles. The normalized spacial score (nSPS) is 11.0. The van der Waals surface area contributed by atoms with Gasteiger partial charge in [0.2, 0.25) is 0 Å². The second-order valence-electron chi connectivity index (χ2n) is 4.85. The van der Waals surface area contributed by atoms with Crippen molar-refractivity contribution in [2.45, 2.75) is 31.5 Å². The van der Waals surface area contributed by atoms with Gasteiger partial charge < -0.3 is 9.67 Å². The zero-order valence-corrected chi connectivity index (χ0v) is 14.2. The van der Waals surface area contributed by atoms with E-state index >= 15 is 0 Å². The first-order valence-electron chi connectivity index (χ1n) is 6.50. The third kappa shape index (κ3) is 4.31. The first-order valence-corrected chi connectivity index (χ1v) is 8.28. The summed E-state index contributed by atoms with van der Waals surface area (Å²) in [5.41, 5.74) is 1.14. The van der Waals surface area contributed by atoms with Gasteiger partial charge in [0.25, 0.3) is 0 Å². The van der Waals surface area contributed by atoms with E-state index in [1.54, 1.807) is 0 Å². The lowest BCUT2D eigenvalue weighted by atomic mass is 10.1. The van der Waals surface area contributed by atoms with Crippen LogP contribution in [0.5, 0.6) is 0 Å². The molecule has 112 valence electrons. The summed E-state index contributed by atoms with van der Waals surface area (Å²) in [5.74, 6) is -0.0173. The number of aromatic nitrogens is 3. The molecule has 0 radical (unpaired) electrons. The minimum atomic E-state index is -0.854. The third-order valence-corrected chi connectivity index (χ3v) is 4.31. The fraction of sp³-hybridized carbons (Fsp3) is 0.357. The zero-order chi connectivity index (χ0) is 15.4. The van der Waals surface area contributed by atoms with Crippen molar-refractivity contribution < 1.29 is 9.90 Å². The molecular formula is C14H16BrN3O2S. The van der Waals surface area contributed by atoms with E-state index in [4.69, 9.17) is 5.11 Å². The van der Waals surface area contributed by atoms with E-state index in [-0.39, 0.29) is 11.8 Å². The van der Waals surface area contributed by atoms with Crippen LogP contribution in [-0.2, 0) is 11.2 Å². The summed E-state index contributed by atoms with van der Waals surface area (Å²) >= 11 is 4.61. The van der Waals surface area contributed by atoms with Gasteiger partial charge in [0.15, 0.2) is 5.16 Å². The number of thioether (sulfide) groups is 1. The fourth-order valence-corrected chi connectivity index (χ4v) is 3.03. The van der Waals surface area contributed by atoms with Gasteiger partial charge in [-0.05, 0) is 31.5 Å². The summed E-state index contributed by atoms with van der Waals surface area (Å²) in [7, 11) is 0. The minimum Gasteiger partial charge on any atom is -0.481 e. The van der Waals surface area contributed by atoms with E-state index in [1.807, 2.05) is 42.7 Å². The molecule has 7 heteroatoms. The number of aliphatic carboxylic acids is 1. The zero-order valence-electron chi connectivity index (χ0n) is 11.8. The molecule has 0 aliphatic carbocycles. The molecule has 0 atom stereocenters. The Morgan fingerprint density at radius 3 is 2.57 bits per heavy atom. The third-order valence-electron chi connectivity index (χ3n) is 2.85. The highest BCUT2D eigenvalue weighted by molar-refractivity contribution is 9.10. The van der Waals surface area contributed by atoms with Crippen molar-refractivity contribution in [2.24, 2.45) is 0 Å². The molecule has 0 unspecified atom stereocenters. The van der Waals surface area contributed by atoms with Gasteiger partial charge in [-0.15, -0.1) is 10.2 Å². The molecule has 0 saturated carbocycles. The maximum atomic E-state index is 10.7. The average Bonchev–Trinajstić information content (AvgIpc) is 2.82. The number of benzene rings is 1. The fourth-order valence-electron chi connectivity index (χ4n) is 1.96. The topological polar surface area (TPSA) is 68.0 Å². The van der Waals surface area contributed by atoms with E-state index in [1.165, 1.54) is 11.8 Å². The SMILES string of the molecule is CC(C)n1c(Cc2ccc(Br)cc2)nnc1SCC(=O)O. The predicted octanol–water partition coefficient (Wildman–Crippen LogP) is 3.39. The maximum absolute atomic E-state index is 10.7. The number of carboxylic acids is 1. The van der Waals surface area contributed by atoms with Crippen molar-refractivity contribution >= 4 is 33.7 Å². The summed E-state index contributed by atoms with van der Waals surface area (Å²) in [4.78, 5) is 10.7. The van der Waals surface area contributed by atoms with Crippen LogP contribution in [0.4, 0.5) is 0 Å². The molecule has 0 aliphatic rings. The van der Waals surface area contributed by atoms with Gasteiger partial charge >= 0.3 is 5.97 Å². The lowest BCUT2D eigenvalue weighted by Gasteiger charge is -2.13. The molecule has 2 rings (SSSR count). The number of halogens is 1. The van der Waals surface area contributed by atoms with Crippen LogP contribution >= 0.6 is 27.7 Å². The summed E-state index contributed by atoms with van der Waals surface area (Å²) in [6.45, 7) is 4.08. The Bertz CT molecular complexity index is 626. The molecule has 1 heterocycles. The molecule has 2 aromatic rings. The van der Waals surface area contributed by atoms with Gasteiger partial charge in [0.05, 0.1) is 5.75 Å². The summed E-state index contributed by atoms with van der Waals surface area (Å²) in [5, 5.41) is 17.8. The Balaban J connectivity index is 2.22. The molecule has 21 heavy (non-hydrogen) atoms. The second-order valence-corrected chi connectivity index (χ2v) is 6.71.